The summed E-state index contributed by atoms with van der Waals surface area (Å²) in [5.41, 5.74) is 10.5. The lowest BCUT2D eigenvalue weighted by atomic mass is 9.93. The van der Waals surface area contributed by atoms with Gasteiger partial charge in [-0.15, -0.1) is 0 Å². The van der Waals surface area contributed by atoms with Crippen molar-refractivity contribution in [2.75, 3.05) is 64.4 Å². The minimum atomic E-state index is -1.99. The summed E-state index contributed by atoms with van der Waals surface area (Å²) in [6.07, 6.45) is 7.00. The maximum atomic E-state index is 14.2. The number of carbonyl (C=O) groups is 3. The van der Waals surface area contributed by atoms with Crippen molar-refractivity contribution in [3.63, 3.8) is 0 Å². The molecular formula is C48H64N4O9Si. The Morgan fingerprint density at radius 3 is 2.24 bits per heavy atom. The lowest BCUT2D eigenvalue weighted by Gasteiger charge is -2.38. The number of carbonyl (C=O) groups excluding carboxylic acids is 3. The summed E-state index contributed by atoms with van der Waals surface area (Å²) >= 11 is 0. The highest BCUT2D eigenvalue weighted by Crippen LogP contribution is 2.55. The molecule has 0 unspecified atom stereocenters. The number of rotatable bonds is 16. The summed E-state index contributed by atoms with van der Waals surface area (Å²) < 4.78 is 36.0. The van der Waals surface area contributed by atoms with Gasteiger partial charge in [-0.05, 0) is 91.8 Å². The minimum absolute atomic E-state index is 0.00831. The van der Waals surface area contributed by atoms with Gasteiger partial charge in [0.1, 0.15) is 6.61 Å². The van der Waals surface area contributed by atoms with E-state index in [1.165, 1.54) is 18.1 Å². The molecule has 2 atom stereocenters. The van der Waals surface area contributed by atoms with E-state index < -0.39 is 14.4 Å². The highest BCUT2D eigenvalue weighted by molar-refractivity contribution is 6.74. The van der Waals surface area contributed by atoms with Gasteiger partial charge >= 0.3 is 6.09 Å². The molecule has 3 aromatic carbocycles. The summed E-state index contributed by atoms with van der Waals surface area (Å²) in [6, 6.07) is 14.6. The van der Waals surface area contributed by atoms with Gasteiger partial charge in [0.2, 0.25) is 0 Å². The van der Waals surface area contributed by atoms with Crippen molar-refractivity contribution < 1.29 is 42.5 Å². The van der Waals surface area contributed by atoms with Gasteiger partial charge in [-0.3, -0.25) is 14.5 Å². The van der Waals surface area contributed by atoms with Crippen LogP contribution in [0.15, 0.2) is 61.2 Å². The first-order valence-corrected chi connectivity index (χ1v) is 24.8. The van der Waals surface area contributed by atoms with Crippen LogP contribution in [0.2, 0.25) is 18.1 Å². The predicted octanol–water partition coefficient (Wildman–Crippen LogP) is 8.64. The van der Waals surface area contributed by atoms with Crippen molar-refractivity contribution >= 4 is 37.6 Å². The van der Waals surface area contributed by atoms with Crippen molar-refractivity contribution in [1.29, 1.82) is 0 Å². The van der Waals surface area contributed by atoms with E-state index >= 15 is 0 Å². The van der Waals surface area contributed by atoms with Crippen LogP contribution >= 0.6 is 0 Å². The molecule has 7 rings (SSSR count). The summed E-state index contributed by atoms with van der Waals surface area (Å²) in [5, 5.41) is 0.0831. The fraction of sp³-hybridized carbons (Fsp3) is 0.521. The first-order chi connectivity index (χ1) is 29.6. The van der Waals surface area contributed by atoms with Gasteiger partial charge < -0.3 is 43.6 Å². The molecule has 2 fully saturated rings. The highest BCUT2D eigenvalue weighted by Gasteiger charge is 2.54. The van der Waals surface area contributed by atoms with E-state index in [4.69, 9.17) is 33.8 Å². The number of fused-ring (bicyclic) bond motifs is 3. The van der Waals surface area contributed by atoms with Gasteiger partial charge in [-0.2, -0.15) is 0 Å². The van der Waals surface area contributed by atoms with E-state index in [-0.39, 0.29) is 47.5 Å². The third-order valence-corrected chi connectivity index (χ3v) is 18.0. The Kier molecular flexibility index (Phi) is 13.2. The van der Waals surface area contributed by atoms with Crippen molar-refractivity contribution in [2.24, 2.45) is 5.41 Å². The van der Waals surface area contributed by atoms with Crippen molar-refractivity contribution in [1.82, 2.24) is 9.80 Å². The average Bonchev–Trinajstić information content (AvgIpc) is 3.93. The Morgan fingerprint density at radius 1 is 0.935 bits per heavy atom. The lowest BCUT2D eigenvalue weighted by molar-refractivity contribution is 0.0653. The number of methoxy groups -OCH3 is 2. The van der Waals surface area contributed by atoms with Crippen LogP contribution in [0.3, 0.4) is 0 Å². The first-order valence-electron chi connectivity index (χ1n) is 21.9. The number of nitrogens with two attached hydrogens (primary N) is 1. The topological polar surface area (TPSA) is 142 Å². The van der Waals surface area contributed by atoms with Crippen LogP contribution in [0.4, 0.5) is 16.2 Å². The zero-order valence-corrected chi connectivity index (χ0v) is 38.6. The van der Waals surface area contributed by atoms with Crippen LogP contribution in [-0.2, 0) is 22.1 Å². The molecule has 3 aliphatic heterocycles. The molecule has 1 saturated heterocycles. The molecule has 3 aromatic rings. The third kappa shape index (κ3) is 9.41. The standard InChI is InChI=1S/C48H64N4O9Si/c1-9-19-60-46(55)51-29-34-22-32-15-11-12-16-33(32)28-50(34)45(54)37-24-41(57-6)43(26-39(37)51)59-21-14-10-13-20-58-42-25-38(49)36(23-40(42)56-5)44(53)52-31-48(17-18-48)27-35(52)30-61-62(7,8)47(2,3)4/h9,11-12,15-16,23-26,34-35H,1,10,13-14,17-22,27-31,49H2,2-8H3/t34-,35-/m0/s1. The van der Waals surface area contributed by atoms with E-state index in [0.29, 0.717) is 84.7 Å². The number of hydrogen-bond acceptors (Lipinski definition) is 10. The fourth-order valence-electron chi connectivity index (χ4n) is 8.59. The summed E-state index contributed by atoms with van der Waals surface area (Å²) in [5.74, 6) is 1.48. The van der Waals surface area contributed by atoms with E-state index in [2.05, 4.69) is 46.5 Å². The Bertz CT molecular complexity index is 2170. The van der Waals surface area contributed by atoms with Crippen LogP contribution < -0.4 is 29.6 Å². The summed E-state index contributed by atoms with van der Waals surface area (Å²) in [7, 11) is 1.11. The second-order valence-corrected chi connectivity index (χ2v) is 23.6. The molecule has 62 heavy (non-hydrogen) atoms. The predicted molar refractivity (Wildman–Crippen MR) is 242 cm³/mol. The highest BCUT2D eigenvalue weighted by atomic mass is 28.4. The Labute approximate surface area is 367 Å². The van der Waals surface area contributed by atoms with Gasteiger partial charge in [0.25, 0.3) is 11.8 Å². The van der Waals surface area contributed by atoms with Gasteiger partial charge in [0.15, 0.2) is 31.3 Å². The number of likely N-dealkylation sites (tertiary alicyclic amines) is 1. The molecule has 1 spiro atoms. The largest absolute Gasteiger partial charge is 0.493 e. The fourth-order valence-corrected chi connectivity index (χ4v) is 9.64. The van der Waals surface area contributed by atoms with Crippen LogP contribution in [0.25, 0.3) is 0 Å². The molecule has 0 aromatic heterocycles. The molecule has 2 N–H and O–H groups in total. The van der Waals surface area contributed by atoms with Gasteiger partial charge in [0.05, 0.1) is 69.5 Å². The number of anilines is 2. The number of benzene rings is 3. The molecule has 334 valence electrons. The third-order valence-electron chi connectivity index (χ3n) is 13.5. The number of hydrogen-bond donors (Lipinski definition) is 1. The van der Waals surface area contributed by atoms with Crippen molar-refractivity contribution in [3.05, 3.63) is 83.4 Å². The zero-order chi connectivity index (χ0) is 44.4. The smallest absolute Gasteiger partial charge is 0.414 e. The van der Waals surface area contributed by atoms with Crippen LogP contribution in [0, 0.1) is 5.41 Å². The second-order valence-electron chi connectivity index (χ2n) is 18.8. The summed E-state index contributed by atoms with van der Waals surface area (Å²) in [4.78, 5) is 47.1. The Morgan fingerprint density at radius 2 is 1.60 bits per heavy atom. The number of ether oxygens (including phenoxy) is 5. The number of unbranched alkanes of at least 4 members (excludes halogenated alkanes) is 2. The summed E-state index contributed by atoms with van der Waals surface area (Å²) in [6.45, 7) is 17.6. The maximum absolute atomic E-state index is 14.2. The van der Waals surface area contributed by atoms with Gasteiger partial charge in [0, 0.05) is 30.9 Å². The molecule has 1 saturated carbocycles. The van der Waals surface area contributed by atoms with Crippen LogP contribution in [0.1, 0.15) is 91.1 Å². The molecular weight excluding hydrogens is 805 g/mol. The van der Waals surface area contributed by atoms with Gasteiger partial charge in [-0.1, -0.05) is 57.7 Å². The van der Waals surface area contributed by atoms with Gasteiger partial charge in [-0.25, -0.2) is 4.79 Å². The Balaban J connectivity index is 0.958. The second kappa shape index (κ2) is 18.3. The molecule has 0 radical (unpaired) electrons. The Hall–Kier alpha value is -5.21. The quantitative estimate of drug-likeness (QED) is 0.0644. The van der Waals surface area contributed by atoms with Crippen molar-refractivity contribution in [3.8, 4) is 23.0 Å². The maximum Gasteiger partial charge on any atom is 0.414 e. The van der Waals surface area contributed by atoms with Crippen molar-refractivity contribution in [2.45, 2.75) is 102 Å². The minimum Gasteiger partial charge on any atom is -0.493 e. The number of nitrogen functional groups attached to an aromatic ring is 1. The molecule has 3 heterocycles. The number of amides is 3. The number of nitrogens with zero attached hydrogens (tertiary/aromatic N) is 3. The molecule has 3 amide bonds. The molecule has 1 aliphatic carbocycles. The normalized spacial score (nSPS) is 19.0. The van der Waals surface area contributed by atoms with Crippen LogP contribution in [0.5, 0.6) is 23.0 Å². The van der Waals surface area contributed by atoms with E-state index in [1.807, 2.05) is 28.0 Å². The first kappa shape index (κ1) is 44.8. The SMILES string of the molecule is C=CCOC(=O)N1C[C@@H]2Cc3ccccc3CN2C(=O)c2cc(OC)c(OCCCCCOc3cc(N)c(C(=O)N4CC5(CC5)C[C@H]4CO[Si](C)(C)C(C)(C)C)cc3OC)cc21. The monoisotopic (exact) mass is 868 g/mol. The zero-order valence-electron chi connectivity index (χ0n) is 37.6. The molecule has 4 aliphatic rings. The van der Waals surface area contributed by atoms with E-state index in [9.17, 15) is 14.4 Å². The lowest BCUT2D eigenvalue weighted by Crippen LogP contribution is -2.48. The molecule has 14 heteroatoms. The molecule has 13 nitrogen and oxygen atoms in total. The van der Waals surface area contributed by atoms with E-state index in [0.717, 1.165) is 49.8 Å². The average molecular weight is 869 g/mol. The van der Waals surface area contributed by atoms with Crippen LogP contribution in [-0.4, -0.2) is 102 Å². The van der Waals surface area contributed by atoms with E-state index in [1.54, 1.807) is 31.4 Å². The molecule has 0 bridgehead atoms.